The van der Waals surface area contributed by atoms with Gasteiger partial charge < -0.3 is 9.88 Å². The van der Waals surface area contributed by atoms with Crippen molar-refractivity contribution in [3.8, 4) is 33.8 Å². The molecule has 2 N–H and O–H groups in total. The Hall–Kier alpha value is -4.59. The molecule has 0 unspecified atom stereocenters. The topological polar surface area (TPSA) is 99.3 Å². The molecule has 0 atom stereocenters. The van der Waals surface area contributed by atoms with E-state index >= 15 is 0 Å². The van der Waals surface area contributed by atoms with Crippen LogP contribution in [-0.4, -0.2) is 49.2 Å². The van der Waals surface area contributed by atoms with E-state index in [1.807, 2.05) is 62.0 Å². The summed E-state index contributed by atoms with van der Waals surface area (Å²) in [5.74, 6) is 0. The van der Waals surface area contributed by atoms with E-state index in [-0.39, 0.29) is 0 Å². The van der Waals surface area contributed by atoms with Crippen LogP contribution in [0.3, 0.4) is 0 Å². The third-order valence-electron chi connectivity index (χ3n) is 5.73. The zero-order valence-electron chi connectivity index (χ0n) is 18.1. The van der Waals surface area contributed by atoms with Crippen LogP contribution in [0.1, 0.15) is 0 Å². The Bertz CT molecular complexity index is 1600. The summed E-state index contributed by atoms with van der Waals surface area (Å²) in [4.78, 5) is 23.4. The number of fused-ring (bicyclic) bond motifs is 2. The molecule has 6 aromatic heterocycles. The van der Waals surface area contributed by atoms with E-state index in [2.05, 4.69) is 53.3 Å². The highest BCUT2D eigenvalue weighted by Crippen LogP contribution is 2.33. The van der Waals surface area contributed by atoms with Gasteiger partial charge in [0.2, 0.25) is 0 Å². The lowest BCUT2D eigenvalue weighted by molar-refractivity contribution is 1.10. The Kier molecular flexibility index (Phi) is 4.36. The molecule has 8 heteroatoms. The minimum Gasteiger partial charge on any atom is -0.376 e. The third-order valence-corrected chi connectivity index (χ3v) is 5.73. The second kappa shape index (κ2) is 7.52. The number of nitrogens with one attached hydrogen (secondary N) is 2. The minimum atomic E-state index is 0.731. The van der Waals surface area contributed by atoms with Crippen LogP contribution >= 0.6 is 0 Å². The molecule has 0 aliphatic heterocycles. The highest BCUT2D eigenvalue weighted by Gasteiger charge is 2.16. The van der Waals surface area contributed by atoms with Gasteiger partial charge in [0, 0.05) is 78.1 Å². The number of aromatic amines is 2. The van der Waals surface area contributed by atoms with Crippen LogP contribution in [0.4, 0.5) is 5.69 Å². The summed E-state index contributed by atoms with van der Waals surface area (Å²) in [5, 5.41) is 9.58. The van der Waals surface area contributed by atoms with Gasteiger partial charge in [-0.3, -0.25) is 20.1 Å². The summed E-state index contributed by atoms with van der Waals surface area (Å²) in [6, 6.07) is 12.2. The maximum Gasteiger partial charge on any atom is 0.155 e. The summed E-state index contributed by atoms with van der Waals surface area (Å²) >= 11 is 0. The van der Waals surface area contributed by atoms with Crippen LogP contribution in [0.5, 0.6) is 0 Å². The third kappa shape index (κ3) is 3.28. The first-order valence-corrected chi connectivity index (χ1v) is 10.5. The molecular formula is C25H20N8. The van der Waals surface area contributed by atoms with Crippen LogP contribution in [0.2, 0.25) is 0 Å². The van der Waals surface area contributed by atoms with Gasteiger partial charge >= 0.3 is 0 Å². The van der Waals surface area contributed by atoms with Gasteiger partial charge in [0.25, 0.3) is 0 Å². The fourth-order valence-electron chi connectivity index (χ4n) is 4.01. The van der Waals surface area contributed by atoms with Crippen molar-refractivity contribution >= 4 is 27.6 Å². The number of hydrogen-bond acceptors (Lipinski definition) is 6. The minimum absolute atomic E-state index is 0.731. The van der Waals surface area contributed by atoms with Crippen LogP contribution in [0.15, 0.2) is 73.6 Å². The molecule has 0 saturated carbocycles. The first-order valence-electron chi connectivity index (χ1n) is 10.5. The van der Waals surface area contributed by atoms with Crippen LogP contribution in [-0.2, 0) is 0 Å². The fraction of sp³-hybridized carbons (Fsp3) is 0.0800. The highest BCUT2D eigenvalue weighted by molar-refractivity contribution is 5.99. The lowest BCUT2D eigenvalue weighted by atomic mass is 10.1. The average Bonchev–Trinajstić information content (AvgIpc) is 3.48. The molecular weight excluding hydrogens is 412 g/mol. The van der Waals surface area contributed by atoms with Crippen molar-refractivity contribution in [2.24, 2.45) is 0 Å². The predicted octanol–water partition coefficient (Wildman–Crippen LogP) is 4.69. The quantitative estimate of drug-likeness (QED) is 0.419. The van der Waals surface area contributed by atoms with E-state index < -0.39 is 0 Å². The number of anilines is 1. The Morgan fingerprint density at radius 1 is 0.758 bits per heavy atom. The SMILES string of the molecule is CN(C)c1cncc(-c2cnc3[nH]nc(-c4cc5c(-c6cccnc6)nccc5[nH]4)c3c2)c1. The Labute approximate surface area is 189 Å². The number of H-pyrrole nitrogens is 2. The lowest BCUT2D eigenvalue weighted by Gasteiger charge is -2.12. The zero-order valence-corrected chi connectivity index (χ0v) is 18.1. The molecule has 0 spiro atoms. The van der Waals surface area contributed by atoms with Crippen LogP contribution < -0.4 is 4.90 Å². The molecule has 0 radical (unpaired) electrons. The van der Waals surface area contributed by atoms with Gasteiger partial charge in [-0.05, 0) is 36.4 Å². The van der Waals surface area contributed by atoms with E-state index in [0.29, 0.717) is 0 Å². The number of rotatable bonds is 4. The summed E-state index contributed by atoms with van der Waals surface area (Å²) in [6.07, 6.45) is 10.9. The van der Waals surface area contributed by atoms with Gasteiger partial charge in [0.15, 0.2) is 5.65 Å². The summed E-state index contributed by atoms with van der Waals surface area (Å²) in [5.41, 5.74) is 8.30. The molecule has 0 aromatic carbocycles. The lowest BCUT2D eigenvalue weighted by Crippen LogP contribution is -2.08. The van der Waals surface area contributed by atoms with Gasteiger partial charge in [-0.2, -0.15) is 5.10 Å². The molecule has 0 aliphatic rings. The highest BCUT2D eigenvalue weighted by atomic mass is 15.2. The van der Waals surface area contributed by atoms with Gasteiger partial charge in [-0.15, -0.1) is 0 Å². The summed E-state index contributed by atoms with van der Waals surface area (Å²) < 4.78 is 0. The monoisotopic (exact) mass is 432 g/mol. The van der Waals surface area contributed by atoms with Crippen LogP contribution in [0, 0.1) is 0 Å². The molecule has 0 bridgehead atoms. The number of pyridine rings is 4. The Morgan fingerprint density at radius 2 is 1.64 bits per heavy atom. The number of nitrogens with zero attached hydrogens (tertiary/aromatic N) is 6. The zero-order chi connectivity index (χ0) is 22.4. The molecule has 0 amide bonds. The second-order valence-electron chi connectivity index (χ2n) is 8.06. The van der Waals surface area contributed by atoms with Crippen molar-refractivity contribution in [2.75, 3.05) is 19.0 Å². The molecule has 0 fully saturated rings. The molecule has 6 heterocycles. The number of aromatic nitrogens is 7. The molecule has 0 aliphatic carbocycles. The molecule has 6 aromatic rings. The van der Waals surface area contributed by atoms with Gasteiger partial charge in [0.05, 0.1) is 23.3 Å². The van der Waals surface area contributed by atoms with E-state index in [0.717, 1.165) is 61.4 Å². The van der Waals surface area contributed by atoms with Crippen LogP contribution in [0.25, 0.3) is 55.7 Å². The second-order valence-corrected chi connectivity index (χ2v) is 8.06. The van der Waals surface area contributed by atoms with Gasteiger partial charge in [-0.1, -0.05) is 0 Å². The fourth-order valence-corrected chi connectivity index (χ4v) is 4.01. The Morgan fingerprint density at radius 3 is 2.48 bits per heavy atom. The van der Waals surface area contributed by atoms with E-state index in [4.69, 9.17) is 0 Å². The van der Waals surface area contributed by atoms with Gasteiger partial charge in [0.1, 0.15) is 5.69 Å². The average molecular weight is 432 g/mol. The molecule has 6 rings (SSSR count). The van der Waals surface area contributed by atoms with Crippen molar-refractivity contribution in [2.45, 2.75) is 0 Å². The van der Waals surface area contributed by atoms with Crippen molar-refractivity contribution in [3.63, 3.8) is 0 Å². The normalized spacial score (nSPS) is 11.3. The van der Waals surface area contributed by atoms with Crippen molar-refractivity contribution in [3.05, 3.63) is 73.6 Å². The van der Waals surface area contributed by atoms with Gasteiger partial charge in [-0.25, -0.2) is 4.98 Å². The van der Waals surface area contributed by atoms with Crippen molar-refractivity contribution < 1.29 is 0 Å². The van der Waals surface area contributed by atoms with E-state index in [1.165, 1.54) is 0 Å². The molecule has 0 saturated heterocycles. The van der Waals surface area contributed by atoms with Crippen molar-refractivity contribution in [1.82, 2.24) is 35.1 Å². The standard InChI is InChI=1S/C25H20N8/c1-33(2)18-8-16(12-27-14-18)17-9-20-24(31-32-25(20)29-13-17)22-10-19-21(30-22)5-7-28-23(19)15-4-3-6-26-11-15/h3-14,30H,1-2H3,(H,29,31,32). The largest absolute Gasteiger partial charge is 0.376 e. The summed E-state index contributed by atoms with van der Waals surface area (Å²) in [6.45, 7) is 0. The van der Waals surface area contributed by atoms with E-state index in [9.17, 15) is 0 Å². The smallest absolute Gasteiger partial charge is 0.155 e. The first kappa shape index (κ1) is 19.1. The first-order chi connectivity index (χ1) is 16.2. The molecule has 33 heavy (non-hydrogen) atoms. The molecule has 8 nitrogen and oxygen atoms in total. The summed E-state index contributed by atoms with van der Waals surface area (Å²) in [7, 11) is 4.00. The predicted molar refractivity (Wildman–Crippen MR) is 130 cm³/mol. The molecule has 160 valence electrons. The number of hydrogen-bond donors (Lipinski definition) is 2. The van der Waals surface area contributed by atoms with Crippen molar-refractivity contribution in [1.29, 1.82) is 0 Å². The maximum atomic E-state index is 4.60. The Balaban J connectivity index is 1.48. The maximum absolute atomic E-state index is 4.60. The van der Waals surface area contributed by atoms with E-state index in [1.54, 1.807) is 12.4 Å².